The van der Waals surface area contributed by atoms with E-state index in [1.165, 1.54) is 0 Å². The zero-order chi connectivity index (χ0) is 14.3. The molecule has 1 saturated carbocycles. The lowest BCUT2D eigenvalue weighted by Crippen LogP contribution is -2.33. The summed E-state index contributed by atoms with van der Waals surface area (Å²) in [7, 11) is 0. The van der Waals surface area contributed by atoms with E-state index in [1.54, 1.807) is 0 Å². The van der Waals surface area contributed by atoms with E-state index in [0.29, 0.717) is 32.1 Å². The van der Waals surface area contributed by atoms with Gasteiger partial charge in [-0.25, -0.2) is 4.79 Å². The van der Waals surface area contributed by atoms with Crippen LogP contribution in [0.15, 0.2) is 0 Å². The standard InChI is InChI=1S/C14H24O5/c1-2-3-4-5-12(14(17)18)19-11-8-6-10(7-9-11)13(15)16/h10-12H,2-9H2,1H3,(H,15,16)(H,17,18). The summed E-state index contributed by atoms with van der Waals surface area (Å²) in [6.45, 7) is 2.07. The van der Waals surface area contributed by atoms with Crippen molar-refractivity contribution in [2.24, 2.45) is 5.92 Å². The first-order valence-corrected chi connectivity index (χ1v) is 7.15. The van der Waals surface area contributed by atoms with E-state index < -0.39 is 18.0 Å². The molecule has 0 heterocycles. The SMILES string of the molecule is CCCCCC(OC1CCC(C(=O)O)CC1)C(=O)O. The molecule has 110 valence electrons. The highest BCUT2D eigenvalue weighted by Crippen LogP contribution is 2.27. The first-order chi connectivity index (χ1) is 9.04. The molecule has 0 aromatic heterocycles. The average molecular weight is 272 g/mol. The molecule has 1 fully saturated rings. The molecule has 1 atom stereocenters. The number of aliphatic carboxylic acids is 2. The Bertz CT molecular complexity index is 294. The maximum absolute atomic E-state index is 11.1. The molecule has 0 aliphatic heterocycles. The lowest BCUT2D eigenvalue weighted by molar-refractivity contribution is -0.158. The van der Waals surface area contributed by atoms with E-state index >= 15 is 0 Å². The van der Waals surface area contributed by atoms with E-state index in [0.717, 1.165) is 19.3 Å². The van der Waals surface area contributed by atoms with Crippen molar-refractivity contribution >= 4 is 11.9 Å². The molecule has 5 nitrogen and oxygen atoms in total. The van der Waals surface area contributed by atoms with Crippen LogP contribution >= 0.6 is 0 Å². The smallest absolute Gasteiger partial charge is 0.332 e. The number of carboxylic acid groups (broad SMARTS) is 2. The Morgan fingerprint density at radius 3 is 2.26 bits per heavy atom. The number of unbranched alkanes of at least 4 members (excludes halogenated alkanes) is 2. The van der Waals surface area contributed by atoms with Crippen LogP contribution in [0, 0.1) is 5.92 Å². The van der Waals surface area contributed by atoms with Gasteiger partial charge in [-0.15, -0.1) is 0 Å². The molecule has 19 heavy (non-hydrogen) atoms. The number of hydrogen-bond donors (Lipinski definition) is 2. The van der Waals surface area contributed by atoms with Crippen molar-refractivity contribution in [1.82, 2.24) is 0 Å². The Hall–Kier alpha value is -1.10. The van der Waals surface area contributed by atoms with Crippen molar-refractivity contribution in [2.75, 3.05) is 0 Å². The maximum Gasteiger partial charge on any atom is 0.332 e. The van der Waals surface area contributed by atoms with Gasteiger partial charge in [-0.3, -0.25) is 4.79 Å². The molecule has 1 unspecified atom stereocenters. The molecule has 0 aromatic rings. The van der Waals surface area contributed by atoms with Crippen molar-refractivity contribution in [2.45, 2.75) is 70.5 Å². The number of carboxylic acids is 2. The number of carbonyl (C=O) groups is 2. The van der Waals surface area contributed by atoms with Crippen molar-refractivity contribution in [3.05, 3.63) is 0 Å². The van der Waals surface area contributed by atoms with Crippen LogP contribution in [-0.2, 0) is 14.3 Å². The van der Waals surface area contributed by atoms with Gasteiger partial charge in [0.15, 0.2) is 6.10 Å². The molecule has 0 amide bonds. The van der Waals surface area contributed by atoms with Gasteiger partial charge in [0.1, 0.15) is 0 Å². The highest BCUT2D eigenvalue weighted by Gasteiger charge is 2.29. The van der Waals surface area contributed by atoms with Crippen LogP contribution in [0.25, 0.3) is 0 Å². The summed E-state index contributed by atoms with van der Waals surface area (Å²) in [5.74, 6) is -1.95. The minimum absolute atomic E-state index is 0.0988. The van der Waals surface area contributed by atoms with Gasteiger partial charge < -0.3 is 14.9 Å². The second-order valence-corrected chi connectivity index (χ2v) is 5.27. The lowest BCUT2D eigenvalue weighted by Gasteiger charge is -2.28. The van der Waals surface area contributed by atoms with Crippen molar-refractivity contribution in [1.29, 1.82) is 0 Å². The predicted octanol–water partition coefficient (Wildman–Crippen LogP) is 2.68. The Labute approximate surface area is 114 Å². The molecular formula is C14H24O5. The van der Waals surface area contributed by atoms with Gasteiger partial charge in [0, 0.05) is 0 Å². The fraction of sp³-hybridized carbons (Fsp3) is 0.857. The van der Waals surface area contributed by atoms with Gasteiger partial charge >= 0.3 is 11.9 Å². The second kappa shape index (κ2) is 8.15. The summed E-state index contributed by atoms with van der Waals surface area (Å²) in [5.41, 5.74) is 0. The fourth-order valence-corrected chi connectivity index (χ4v) is 2.51. The highest BCUT2D eigenvalue weighted by atomic mass is 16.5. The zero-order valence-electron chi connectivity index (χ0n) is 11.5. The second-order valence-electron chi connectivity index (χ2n) is 5.27. The number of ether oxygens (including phenoxy) is 1. The number of rotatable bonds is 8. The Morgan fingerprint density at radius 1 is 1.16 bits per heavy atom. The summed E-state index contributed by atoms with van der Waals surface area (Å²) >= 11 is 0. The molecule has 0 spiro atoms. The van der Waals surface area contributed by atoms with E-state index in [2.05, 4.69) is 6.92 Å². The van der Waals surface area contributed by atoms with Gasteiger partial charge in [-0.05, 0) is 32.1 Å². The molecule has 5 heteroatoms. The van der Waals surface area contributed by atoms with Gasteiger partial charge in [0.25, 0.3) is 0 Å². The monoisotopic (exact) mass is 272 g/mol. The van der Waals surface area contributed by atoms with E-state index in [1.807, 2.05) is 0 Å². The molecule has 1 aliphatic rings. The fourth-order valence-electron chi connectivity index (χ4n) is 2.51. The Balaban J connectivity index is 2.35. The summed E-state index contributed by atoms with van der Waals surface area (Å²) in [4.78, 5) is 22.0. The van der Waals surface area contributed by atoms with Crippen LogP contribution < -0.4 is 0 Å². The van der Waals surface area contributed by atoms with Gasteiger partial charge in [-0.2, -0.15) is 0 Å². The van der Waals surface area contributed by atoms with Crippen LogP contribution in [-0.4, -0.2) is 34.4 Å². The summed E-state index contributed by atoms with van der Waals surface area (Å²) < 4.78 is 5.64. The molecule has 0 radical (unpaired) electrons. The summed E-state index contributed by atoms with van der Waals surface area (Å²) in [6, 6.07) is 0. The summed E-state index contributed by atoms with van der Waals surface area (Å²) in [5, 5.41) is 18.0. The number of hydrogen-bond acceptors (Lipinski definition) is 3. The normalized spacial score (nSPS) is 24.9. The minimum Gasteiger partial charge on any atom is -0.481 e. The molecule has 2 N–H and O–H groups in total. The first-order valence-electron chi connectivity index (χ1n) is 7.15. The summed E-state index contributed by atoms with van der Waals surface area (Å²) in [6.07, 6.45) is 5.09. The topological polar surface area (TPSA) is 83.8 Å². The van der Waals surface area contributed by atoms with Crippen molar-refractivity contribution in [3.63, 3.8) is 0 Å². The Kier molecular flexibility index (Phi) is 6.84. The van der Waals surface area contributed by atoms with Gasteiger partial charge in [0.05, 0.1) is 12.0 Å². The van der Waals surface area contributed by atoms with Gasteiger partial charge in [0.2, 0.25) is 0 Å². The molecule has 1 aliphatic carbocycles. The van der Waals surface area contributed by atoms with Gasteiger partial charge in [-0.1, -0.05) is 26.2 Å². The first kappa shape index (κ1) is 16.0. The quantitative estimate of drug-likeness (QED) is 0.664. The molecule has 0 bridgehead atoms. The van der Waals surface area contributed by atoms with Crippen LogP contribution in [0.5, 0.6) is 0 Å². The van der Waals surface area contributed by atoms with Crippen molar-refractivity contribution in [3.8, 4) is 0 Å². The third-order valence-electron chi connectivity index (χ3n) is 3.73. The molecular weight excluding hydrogens is 248 g/mol. The molecule has 1 rings (SSSR count). The van der Waals surface area contributed by atoms with Crippen LogP contribution in [0.1, 0.15) is 58.3 Å². The van der Waals surface area contributed by atoms with E-state index in [9.17, 15) is 9.59 Å². The Morgan fingerprint density at radius 2 is 1.79 bits per heavy atom. The zero-order valence-corrected chi connectivity index (χ0v) is 11.5. The molecule has 0 aromatic carbocycles. The average Bonchev–Trinajstić information content (AvgIpc) is 2.38. The van der Waals surface area contributed by atoms with E-state index in [4.69, 9.17) is 14.9 Å². The highest BCUT2D eigenvalue weighted by molar-refractivity contribution is 5.72. The molecule has 0 saturated heterocycles. The maximum atomic E-state index is 11.1. The predicted molar refractivity (Wildman–Crippen MR) is 70.0 cm³/mol. The third kappa shape index (κ3) is 5.59. The van der Waals surface area contributed by atoms with E-state index in [-0.39, 0.29) is 12.0 Å². The third-order valence-corrected chi connectivity index (χ3v) is 3.73. The largest absolute Gasteiger partial charge is 0.481 e. The van der Waals surface area contributed by atoms with Crippen molar-refractivity contribution < 1.29 is 24.5 Å². The van der Waals surface area contributed by atoms with Crippen LogP contribution in [0.4, 0.5) is 0 Å². The lowest BCUT2D eigenvalue weighted by atomic mass is 9.87. The van der Waals surface area contributed by atoms with Crippen LogP contribution in [0.2, 0.25) is 0 Å². The minimum atomic E-state index is -0.906. The van der Waals surface area contributed by atoms with Crippen LogP contribution in [0.3, 0.4) is 0 Å².